The Labute approximate surface area is 231 Å². The van der Waals surface area contributed by atoms with Crippen molar-refractivity contribution in [3.63, 3.8) is 0 Å². The first-order valence-corrected chi connectivity index (χ1v) is 14.7. The minimum absolute atomic E-state index is 0.0287. The number of hydrogen-bond donors (Lipinski definition) is 4. The molecule has 0 saturated carbocycles. The number of carboxylic acids is 1. The third-order valence-corrected chi connectivity index (χ3v) is 8.14. The Hall–Kier alpha value is -2.48. The average molecular weight is 567 g/mol. The quantitative estimate of drug-likeness (QED) is 0.199. The molecule has 13 heteroatoms. The third kappa shape index (κ3) is 10.4. The summed E-state index contributed by atoms with van der Waals surface area (Å²) in [7, 11) is 0. The number of carbonyl (C=O) groups excluding carboxylic acids is 2. The molecule has 2 aromatic heterocycles. The molecular weight excluding hydrogens is 528 g/mol. The number of carbonyl (C=O) groups is 3. The van der Waals surface area contributed by atoms with Crippen LogP contribution >= 0.6 is 23.1 Å². The number of thioether (sulfide) groups is 1. The molecule has 0 aliphatic carbocycles. The number of aromatic nitrogens is 2. The average Bonchev–Trinajstić information content (AvgIpc) is 3.52. The normalized spacial score (nSPS) is 14.9. The number of amides is 2. The number of thiazole rings is 1. The maximum Gasteiger partial charge on any atom is 0.317 e. The Morgan fingerprint density at radius 3 is 2.58 bits per heavy atom. The lowest BCUT2D eigenvalue weighted by Gasteiger charge is -2.30. The van der Waals surface area contributed by atoms with E-state index in [0.29, 0.717) is 62.3 Å². The van der Waals surface area contributed by atoms with Crippen molar-refractivity contribution in [3.05, 3.63) is 24.0 Å². The van der Waals surface area contributed by atoms with Crippen LogP contribution in [0.3, 0.4) is 0 Å². The largest absolute Gasteiger partial charge is 0.480 e. The van der Waals surface area contributed by atoms with E-state index in [0.717, 1.165) is 22.8 Å². The third-order valence-electron chi connectivity index (χ3n) is 6.05. The lowest BCUT2D eigenvalue weighted by Crippen LogP contribution is -2.43. The van der Waals surface area contributed by atoms with Gasteiger partial charge in [-0.1, -0.05) is 32.1 Å². The Balaban J connectivity index is 1.30. The number of unbranched alkanes of at least 4 members (excludes halogenated alkanes) is 1. The molecule has 0 aromatic carbocycles. The molecule has 4 N–H and O–H groups in total. The number of nitrogens with one attached hydrogen (secondary N) is 3. The van der Waals surface area contributed by atoms with Crippen molar-refractivity contribution < 1.29 is 23.9 Å². The number of hydrogen-bond acceptors (Lipinski definition) is 10. The molecule has 1 aliphatic rings. The fourth-order valence-corrected chi connectivity index (χ4v) is 5.59. The van der Waals surface area contributed by atoms with E-state index in [1.807, 2.05) is 0 Å². The van der Waals surface area contributed by atoms with Crippen molar-refractivity contribution >= 4 is 46.0 Å². The molecular formula is C25H38N6O5S2. The van der Waals surface area contributed by atoms with E-state index in [2.05, 4.69) is 51.6 Å². The molecule has 0 bridgehead atoms. The molecule has 1 saturated heterocycles. The van der Waals surface area contributed by atoms with Crippen molar-refractivity contribution in [1.82, 2.24) is 25.5 Å². The zero-order valence-electron chi connectivity index (χ0n) is 22.2. The van der Waals surface area contributed by atoms with Gasteiger partial charge < -0.3 is 25.5 Å². The highest BCUT2D eigenvalue weighted by Gasteiger charge is 2.26. The van der Waals surface area contributed by atoms with Gasteiger partial charge in [-0.2, -0.15) is 0 Å². The number of aliphatic carboxylic acids is 1. The van der Waals surface area contributed by atoms with E-state index in [-0.39, 0.29) is 29.7 Å². The maximum atomic E-state index is 12.8. The van der Waals surface area contributed by atoms with E-state index < -0.39 is 5.97 Å². The molecule has 11 nitrogen and oxygen atoms in total. The summed E-state index contributed by atoms with van der Waals surface area (Å²) in [6.07, 6.45) is 6.51. The van der Waals surface area contributed by atoms with Crippen LogP contribution in [0.5, 0.6) is 0 Å². The van der Waals surface area contributed by atoms with Gasteiger partial charge in [0.25, 0.3) is 0 Å². The standard InChI is InChI=1S/C25H38N6O5S2/c1-25(2,3)18-12-28-20(36-18)16-37-22-14-29-24(38-22)30-23(35)17-6-10-31(11-7-17)15-19(32)27-9-5-4-8-26-13-21(33)34/h12,14,17,26H,4-11,13,15-16H2,1-3H3,(H,27,32)(H,33,34)(H,29,30,35). The predicted molar refractivity (Wildman–Crippen MR) is 147 cm³/mol. The second-order valence-electron chi connectivity index (χ2n) is 10.3. The monoisotopic (exact) mass is 566 g/mol. The summed E-state index contributed by atoms with van der Waals surface area (Å²) in [5.74, 6) is 1.09. The Bertz CT molecular complexity index is 1060. The van der Waals surface area contributed by atoms with Crippen LogP contribution in [0.4, 0.5) is 5.13 Å². The molecule has 3 heterocycles. The van der Waals surface area contributed by atoms with Crippen LogP contribution in [0.1, 0.15) is 58.1 Å². The summed E-state index contributed by atoms with van der Waals surface area (Å²) < 4.78 is 6.81. The van der Waals surface area contributed by atoms with Gasteiger partial charge >= 0.3 is 5.97 Å². The van der Waals surface area contributed by atoms with Crippen LogP contribution < -0.4 is 16.0 Å². The lowest BCUT2D eigenvalue weighted by molar-refractivity contribution is -0.136. The highest BCUT2D eigenvalue weighted by molar-refractivity contribution is 8.00. The number of carboxylic acid groups (broad SMARTS) is 1. The summed E-state index contributed by atoms with van der Waals surface area (Å²) in [5, 5.41) is 17.8. The summed E-state index contributed by atoms with van der Waals surface area (Å²) in [4.78, 5) is 46.2. The fraction of sp³-hybridized carbons (Fsp3) is 0.640. The number of rotatable bonds is 14. The van der Waals surface area contributed by atoms with Gasteiger partial charge in [-0.15, -0.1) is 11.8 Å². The van der Waals surface area contributed by atoms with Gasteiger partial charge in [0, 0.05) is 17.9 Å². The van der Waals surface area contributed by atoms with Gasteiger partial charge in [0.2, 0.25) is 17.7 Å². The van der Waals surface area contributed by atoms with Gasteiger partial charge in [0.1, 0.15) is 5.76 Å². The molecule has 210 valence electrons. The molecule has 38 heavy (non-hydrogen) atoms. The molecule has 0 atom stereocenters. The minimum atomic E-state index is -0.874. The SMILES string of the molecule is CC(C)(C)c1cnc(CSc2cnc(NC(=O)C3CCN(CC(=O)NCCCCNCC(=O)O)CC3)s2)o1. The highest BCUT2D eigenvalue weighted by atomic mass is 32.2. The second-order valence-corrected chi connectivity index (χ2v) is 12.6. The molecule has 1 aliphatic heterocycles. The second kappa shape index (κ2) is 14.6. The van der Waals surface area contributed by atoms with Gasteiger partial charge in [0.05, 0.1) is 35.4 Å². The van der Waals surface area contributed by atoms with Crippen LogP contribution in [0.25, 0.3) is 0 Å². The van der Waals surface area contributed by atoms with Crippen LogP contribution in [-0.4, -0.2) is 77.0 Å². The Morgan fingerprint density at radius 1 is 1.16 bits per heavy atom. The van der Waals surface area contributed by atoms with Gasteiger partial charge in [-0.3, -0.25) is 19.3 Å². The number of anilines is 1. The van der Waals surface area contributed by atoms with Crippen LogP contribution in [0.15, 0.2) is 21.0 Å². The van der Waals surface area contributed by atoms with Crippen LogP contribution in [-0.2, 0) is 25.6 Å². The summed E-state index contributed by atoms with van der Waals surface area (Å²) in [5.41, 5.74) is -0.0784. The zero-order valence-corrected chi connectivity index (χ0v) is 23.9. The van der Waals surface area contributed by atoms with Crippen LogP contribution in [0, 0.1) is 5.92 Å². The van der Waals surface area contributed by atoms with Crippen molar-refractivity contribution in [2.75, 3.05) is 44.6 Å². The van der Waals surface area contributed by atoms with Crippen molar-refractivity contribution in [3.8, 4) is 0 Å². The van der Waals surface area contributed by atoms with Crippen molar-refractivity contribution in [2.24, 2.45) is 5.92 Å². The fourth-order valence-electron chi connectivity index (χ4n) is 3.86. The lowest BCUT2D eigenvalue weighted by atomic mass is 9.94. The van der Waals surface area contributed by atoms with Gasteiger partial charge in [-0.05, 0) is 45.3 Å². The first-order valence-electron chi connectivity index (χ1n) is 12.9. The zero-order chi connectivity index (χ0) is 27.5. The smallest absolute Gasteiger partial charge is 0.317 e. The summed E-state index contributed by atoms with van der Waals surface area (Å²) in [6.45, 7) is 9.08. The van der Waals surface area contributed by atoms with E-state index in [9.17, 15) is 14.4 Å². The number of piperidine rings is 1. The van der Waals surface area contributed by atoms with E-state index >= 15 is 0 Å². The van der Waals surface area contributed by atoms with Crippen molar-refractivity contribution in [2.45, 2.75) is 61.8 Å². The highest BCUT2D eigenvalue weighted by Crippen LogP contribution is 2.32. The number of likely N-dealkylation sites (tertiary alicyclic amines) is 1. The minimum Gasteiger partial charge on any atom is -0.480 e. The number of oxazole rings is 1. The molecule has 0 radical (unpaired) electrons. The first kappa shape index (κ1) is 30.1. The van der Waals surface area contributed by atoms with Gasteiger partial charge in [-0.25, -0.2) is 9.97 Å². The molecule has 0 spiro atoms. The Morgan fingerprint density at radius 2 is 1.89 bits per heavy atom. The van der Waals surface area contributed by atoms with E-state index in [1.165, 1.54) is 11.3 Å². The first-order chi connectivity index (χ1) is 18.1. The van der Waals surface area contributed by atoms with Crippen molar-refractivity contribution in [1.29, 1.82) is 0 Å². The molecule has 2 amide bonds. The molecule has 0 unspecified atom stereocenters. The Kier molecular flexibility index (Phi) is 11.6. The predicted octanol–water partition coefficient (Wildman–Crippen LogP) is 2.94. The summed E-state index contributed by atoms with van der Waals surface area (Å²) in [6, 6.07) is 0. The maximum absolute atomic E-state index is 12.8. The molecule has 1 fully saturated rings. The summed E-state index contributed by atoms with van der Waals surface area (Å²) >= 11 is 3.02. The molecule has 2 aromatic rings. The molecule has 3 rings (SSSR count). The van der Waals surface area contributed by atoms with E-state index in [4.69, 9.17) is 9.52 Å². The van der Waals surface area contributed by atoms with Crippen LogP contribution in [0.2, 0.25) is 0 Å². The topological polar surface area (TPSA) is 150 Å². The van der Waals surface area contributed by atoms with E-state index in [1.54, 1.807) is 24.2 Å². The number of nitrogens with zero attached hydrogens (tertiary/aromatic N) is 3. The van der Waals surface area contributed by atoms with Gasteiger partial charge in [0.15, 0.2) is 5.13 Å².